The molecule has 0 saturated carbocycles. The summed E-state index contributed by atoms with van der Waals surface area (Å²) in [5, 5.41) is 3.13. The molecule has 2 N–H and O–H groups in total. The van der Waals surface area contributed by atoms with E-state index in [4.69, 9.17) is 9.47 Å². The van der Waals surface area contributed by atoms with Crippen molar-refractivity contribution in [2.75, 3.05) is 31.6 Å². The molecule has 1 aliphatic heterocycles. The number of carbonyl (C=O) groups excluding carboxylic acids is 1. The number of fused-ring (bicyclic) bond motifs is 1. The highest BCUT2D eigenvalue weighted by atomic mass is 16.5. The van der Waals surface area contributed by atoms with Crippen LogP contribution in [0.25, 0.3) is 0 Å². The minimum atomic E-state index is 0.0643. The molecule has 2 aromatic rings. The van der Waals surface area contributed by atoms with Crippen LogP contribution in [-0.4, -0.2) is 32.2 Å². The molecular weight excluding hydrogens is 364 g/mol. The molecule has 0 radical (unpaired) electrons. The fourth-order valence-corrected chi connectivity index (χ4v) is 4.19. The Morgan fingerprint density at radius 1 is 0.966 bits per heavy atom. The van der Waals surface area contributed by atoms with Gasteiger partial charge in [-0.15, -0.1) is 0 Å². The zero-order valence-corrected chi connectivity index (χ0v) is 18.3. The summed E-state index contributed by atoms with van der Waals surface area (Å²) in [7, 11) is 0. The van der Waals surface area contributed by atoms with Gasteiger partial charge >= 0.3 is 0 Å². The first-order valence-corrected chi connectivity index (χ1v) is 10.5. The third-order valence-corrected chi connectivity index (χ3v) is 5.41. The van der Waals surface area contributed by atoms with Crippen molar-refractivity contribution in [3.8, 4) is 11.5 Å². The summed E-state index contributed by atoms with van der Waals surface area (Å²) in [6.45, 7) is 13.6. The topological polar surface area (TPSA) is 52.0 Å². The Hall–Kier alpha value is -2.53. The van der Waals surface area contributed by atoms with Crippen LogP contribution in [0.5, 0.6) is 11.5 Å². The number of carbonyl (C=O) groups is 1. The van der Waals surface area contributed by atoms with E-state index < -0.39 is 0 Å². The highest BCUT2D eigenvalue weighted by Crippen LogP contribution is 2.32. The first-order chi connectivity index (χ1) is 13.9. The van der Waals surface area contributed by atoms with Crippen LogP contribution in [0, 0.1) is 20.8 Å². The number of aryl methyl sites for hydroxylation is 3. The van der Waals surface area contributed by atoms with E-state index in [-0.39, 0.29) is 5.91 Å². The maximum atomic E-state index is 12.7. The van der Waals surface area contributed by atoms with Crippen molar-refractivity contribution < 1.29 is 19.2 Å². The molecule has 1 heterocycles. The SMILES string of the molecule is CCOc1cc2c(cc1OCC)C[NH+](CC(=O)Nc1c(C)cc(C)cc1C)CC2. The van der Waals surface area contributed by atoms with Gasteiger partial charge in [0, 0.05) is 17.7 Å². The van der Waals surface area contributed by atoms with Crippen LogP contribution >= 0.6 is 0 Å². The van der Waals surface area contributed by atoms with Crippen LogP contribution in [0.4, 0.5) is 5.69 Å². The number of amides is 1. The van der Waals surface area contributed by atoms with Gasteiger partial charge in [-0.05, 0) is 63.4 Å². The predicted octanol–water partition coefficient (Wildman–Crippen LogP) is 2.99. The van der Waals surface area contributed by atoms with E-state index in [1.54, 1.807) is 0 Å². The van der Waals surface area contributed by atoms with E-state index in [1.165, 1.54) is 21.6 Å². The fraction of sp³-hybridized carbons (Fsp3) is 0.458. The van der Waals surface area contributed by atoms with Gasteiger partial charge in [-0.1, -0.05) is 17.7 Å². The van der Waals surface area contributed by atoms with E-state index >= 15 is 0 Å². The van der Waals surface area contributed by atoms with Gasteiger partial charge in [0.25, 0.3) is 5.91 Å². The average Bonchev–Trinajstić information content (AvgIpc) is 2.65. The first kappa shape index (κ1) is 21.2. The molecule has 156 valence electrons. The molecule has 0 aliphatic carbocycles. The van der Waals surface area contributed by atoms with Crippen LogP contribution in [-0.2, 0) is 17.8 Å². The summed E-state index contributed by atoms with van der Waals surface area (Å²) in [5.74, 6) is 1.68. The lowest BCUT2D eigenvalue weighted by Gasteiger charge is -2.27. The van der Waals surface area contributed by atoms with Crippen molar-refractivity contribution in [2.45, 2.75) is 47.6 Å². The maximum Gasteiger partial charge on any atom is 0.279 e. The Labute approximate surface area is 174 Å². The molecule has 29 heavy (non-hydrogen) atoms. The van der Waals surface area contributed by atoms with Gasteiger partial charge in [0.1, 0.15) is 6.54 Å². The lowest BCUT2D eigenvalue weighted by molar-refractivity contribution is -0.907. The van der Waals surface area contributed by atoms with Crippen molar-refractivity contribution in [1.82, 2.24) is 0 Å². The normalized spacial score (nSPS) is 15.6. The van der Waals surface area contributed by atoms with E-state index in [1.807, 2.05) is 27.7 Å². The first-order valence-electron chi connectivity index (χ1n) is 10.5. The zero-order chi connectivity index (χ0) is 21.0. The van der Waals surface area contributed by atoms with Gasteiger partial charge in [-0.25, -0.2) is 0 Å². The van der Waals surface area contributed by atoms with Crippen molar-refractivity contribution in [3.63, 3.8) is 0 Å². The molecule has 1 unspecified atom stereocenters. The van der Waals surface area contributed by atoms with Gasteiger partial charge in [0.05, 0.1) is 19.8 Å². The number of rotatable bonds is 7. The Morgan fingerprint density at radius 2 is 1.55 bits per heavy atom. The molecule has 5 nitrogen and oxygen atoms in total. The highest BCUT2D eigenvalue weighted by Gasteiger charge is 2.24. The molecule has 3 rings (SSSR count). The Kier molecular flexibility index (Phi) is 6.80. The highest BCUT2D eigenvalue weighted by molar-refractivity contribution is 5.93. The van der Waals surface area contributed by atoms with E-state index in [0.29, 0.717) is 19.8 Å². The van der Waals surface area contributed by atoms with Gasteiger partial charge in [0.2, 0.25) is 0 Å². The largest absolute Gasteiger partial charge is 0.490 e. The quantitative estimate of drug-likeness (QED) is 0.755. The summed E-state index contributed by atoms with van der Waals surface area (Å²) >= 11 is 0. The summed E-state index contributed by atoms with van der Waals surface area (Å²) in [6.07, 6.45) is 0.938. The second-order valence-electron chi connectivity index (χ2n) is 7.86. The zero-order valence-electron chi connectivity index (χ0n) is 18.3. The molecule has 0 spiro atoms. The Bertz CT molecular complexity index is 869. The second kappa shape index (κ2) is 9.31. The molecule has 2 aromatic carbocycles. The smallest absolute Gasteiger partial charge is 0.279 e. The summed E-state index contributed by atoms with van der Waals surface area (Å²) in [5.41, 5.74) is 6.92. The predicted molar refractivity (Wildman–Crippen MR) is 116 cm³/mol. The Balaban J connectivity index is 1.69. The third kappa shape index (κ3) is 5.10. The van der Waals surface area contributed by atoms with Crippen LogP contribution in [0.2, 0.25) is 0 Å². The van der Waals surface area contributed by atoms with Gasteiger partial charge in [-0.3, -0.25) is 4.79 Å². The van der Waals surface area contributed by atoms with Crippen LogP contribution in [0.1, 0.15) is 41.7 Å². The number of benzene rings is 2. The number of quaternary nitrogens is 1. The number of hydrogen-bond donors (Lipinski definition) is 2. The lowest BCUT2D eigenvalue weighted by atomic mass is 9.98. The van der Waals surface area contributed by atoms with Crippen molar-refractivity contribution in [2.24, 2.45) is 0 Å². The van der Waals surface area contributed by atoms with Crippen molar-refractivity contribution >= 4 is 11.6 Å². The minimum absolute atomic E-state index is 0.0643. The number of hydrogen-bond acceptors (Lipinski definition) is 3. The van der Waals surface area contributed by atoms with E-state index in [0.717, 1.165) is 47.8 Å². The summed E-state index contributed by atoms with van der Waals surface area (Å²) in [4.78, 5) is 14.0. The average molecular weight is 398 g/mol. The third-order valence-electron chi connectivity index (χ3n) is 5.41. The van der Waals surface area contributed by atoms with E-state index in [2.05, 4.69) is 36.5 Å². The van der Waals surface area contributed by atoms with Crippen molar-refractivity contribution in [3.05, 3.63) is 52.1 Å². The molecule has 0 saturated heterocycles. The lowest BCUT2D eigenvalue weighted by Crippen LogP contribution is -3.12. The van der Waals surface area contributed by atoms with Crippen LogP contribution < -0.4 is 19.7 Å². The summed E-state index contributed by atoms with van der Waals surface area (Å²) < 4.78 is 11.5. The fourth-order valence-electron chi connectivity index (χ4n) is 4.19. The molecule has 0 fully saturated rings. The molecule has 5 heteroatoms. The molecular formula is C24H33N2O3+. The molecule has 1 aliphatic rings. The summed E-state index contributed by atoms with van der Waals surface area (Å²) in [6, 6.07) is 8.42. The monoisotopic (exact) mass is 397 g/mol. The van der Waals surface area contributed by atoms with E-state index in [9.17, 15) is 4.79 Å². The Morgan fingerprint density at radius 3 is 2.14 bits per heavy atom. The minimum Gasteiger partial charge on any atom is -0.490 e. The molecule has 0 bridgehead atoms. The van der Waals surface area contributed by atoms with Gasteiger partial charge < -0.3 is 19.7 Å². The van der Waals surface area contributed by atoms with Gasteiger partial charge in [0.15, 0.2) is 18.0 Å². The van der Waals surface area contributed by atoms with Crippen molar-refractivity contribution in [1.29, 1.82) is 0 Å². The van der Waals surface area contributed by atoms with Crippen LogP contribution in [0.15, 0.2) is 24.3 Å². The van der Waals surface area contributed by atoms with Gasteiger partial charge in [-0.2, -0.15) is 0 Å². The molecule has 0 aromatic heterocycles. The number of anilines is 1. The maximum absolute atomic E-state index is 12.7. The number of ether oxygens (including phenoxy) is 2. The number of nitrogens with one attached hydrogen (secondary N) is 2. The van der Waals surface area contributed by atoms with Crippen LogP contribution in [0.3, 0.4) is 0 Å². The molecule has 1 amide bonds. The second-order valence-corrected chi connectivity index (χ2v) is 7.86. The standard InChI is InChI=1S/C24H32N2O3/c1-6-28-21-12-19-8-9-26(14-20(19)13-22(21)29-7-2)15-23(27)25-24-17(4)10-16(3)11-18(24)5/h10-13H,6-9,14-15H2,1-5H3,(H,25,27)/p+1. The molecule has 1 atom stereocenters.